The van der Waals surface area contributed by atoms with Gasteiger partial charge in [-0.3, -0.25) is 4.79 Å². The summed E-state index contributed by atoms with van der Waals surface area (Å²) in [5, 5.41) is 14.3. The first-order chi connectivity index (χ1) is 13.8. The molecule has 2 fully saturated rings. The number of hydrogen-bond acceptors (Lipinski definition) is 5. The number of piperidine rings is 1. The zero-order valence-electron chi connectivity index (χ0n) is 16.1. The number of tetrazole rings is 1. The van der Waals surface area contributed by atoms with Gasteiger partial charge in [0.25, 0.3) is 0 Å². The Bertz CT molecular complexity index is 823. The van der Waals surface area contributed by atoms with Crippen LogP contribution in [0.3, 0.4) is 0 Å². The molecule has 2 saturated heterocycles. The van der Waals surface area contributed by atoms with E-state index in [9.17, 15) is 4.79 Å². The second-order valence-corrected chi connectivity index (χ2v) is 8.38. The van der Waals surface area contributed by atoms with E-state index in [2.05, 4.69) is 37.7 Å². The molecule has 2 atom stereocenters. The van der Waals surface area contributed by atoms with Gasteiger partial charge in [-0.2, -0.15) is 5.21 Å². The normalized spacial score (nSPS) is 25.6. The number of aromatic amines is 1. The molecule has 3 heterocycles. The van der Waals surface area contributed by atoms with Gasteiger partial charge in [-0.25, -0.2) is 0 Å². The molecule has 28 heavy (non-hydrogen) atoms. The number of H-pyrrole nitrogens is 1. The number of nitrogens with one attached hydrogen (secondary N) is 1. The molecule has 5 rings (SSSR count). The second-order valence-electron chi connectivity index (χ2n) is 8.38. The van der Waals surface area contributed by atoms with Gasteiger partial charge in [0, 0.05) is 31.9 Å². The Labute approximate surface area is 164 Å². The number of amides is 1. The van der Waals surface area contributed by atoms with E-state index in [1.54, 1.807) is 0 Å². The van der Waals surface area contributed by atoms with Gasteiger partial charge in [0.15, 0.2) is 0 Å². The maximum atomic E-state index is 13.3. The van der Waals surface area contributed by atoms with Crippen molar-refractivity contribution in [2.24, 2.45) is 11.8 Å². The predicted octanol–water partition coefficient (Wildman–Crippen LogP) is 2.56. The van der Waals surface area contributed by atoms with E-state index in [1.165, 1.54) is 17.5 Å². The van der Waals surface area contributed by atoms with Crippen molar-refractivity contribution >= 4 is 5.91 Å². The first-order valence-electron chi connectivity index (χ1n) is 10.5. The lowest BCUT2D eigenvalue weighted by Crippen LogP contribution is -2.43. The van der Waals surface area contributed by atoms with E-state index in [-0.39, 0.29) is 5.92 Å². The molecule has 2 aliphatic heterocycles. The molecule has 148 valence electrons. The molecule has 0 bridgehead atoms. The topological polar surface area (TPSA) is 84.0 Å². The minimum absolute atomic E-state index is 0.00516. The monoisotopic (exact) mass is 381 g/mol. The molecule has 1 aromatic heterocycles. The molecule has 1 N–H and O–H groups in total. The Balaban J connectivity index is 1.29. The van der Waals surface area contributed by atoms with E-state index in [0.29, 0.717) is 17.6 Å². The van der Waals surface area contributed by atoms with E-state index < -0.39 is 0 Å². The Kier molecular flexibility index (Phi) is 4.84. The number of rotatable bonds is 3. The van der Waals surface area contributed by atoms with Crippen LogP contribution in [0.1, 0.15) is 49.1 Å². The number of benzene rings is 1. The third-order valence-electron chi connectivity index (χ3n) is 6.84. The van der Waals surface area contributed by atoms with Crippen molar-refractivity contribution in [3.8, 4) is 11.4 Å². The van der Waals surface area contributed by atoms with Gasteiger partial charge in [0.05, 0.1) is 5.92 Å². The number of hydrogen-bond donors (Lipinski definition) is 1. The van der Waals surface area contributed by atoms with Crippen molar-refractivity contribution in [2.75, 3.05) is 26.3 Å². The summed E-state index contributed by atoms with van der Waals surface area (Å²) in [4.78, 5) is 15.4. The van der Waals surface area contributed by atoms with Crippen LogP contribution in [-0.4, -0.2) is 57.7 Å². The van der Waals surface area contributed by atoms with Crippen LogP contribution in [0.15, 0.2) is 18.2 Å². The summed E-state index contributed by atoms with van der Waals surface area (Å²) in [6.07, 6.45) is 6.44. The number of carbonyl (C=O) groups excluding carboxylic acids is 1. The van der Waals surface area contributed by atoms with E-state index in [4.69, 9.17) is 4.74 Å². The van der Waals surface area contributed by atoms with Crippen LogP contribution in [0, 0.1) is 11.8 Å². The summed E-state index contributed by atoms with van der Waals surface area (Å²) >= 11 is 0. The average Bonchev–Trinajstić information content (AvgIpc) is 3.47. The van der Waals surface area contributed by atoms with Crippen molar-refractivity contribution < 1.29 is 9.53 Å². The summed E-state index contributed by atoms with van der Waals surface area (Å²) in [7, 11) is 0. The lowest BCUT2D eigenvalue weighted by Gasteiger charge is -2.37. The summed E-state index contributed by atoms with van der Waals surface area (Å²) in [5.74, 6) is 2.34. The number of nitrogens with zero attached hydrogens (tertiary/aromatic N) is 4. The van der Waals surface area contributed by atoms with Crippen LogP contribution in [-0.2, 0) is 16.0 Å². The van der Waals surface area contributed by atoms with Gasteiger partial charge in [-0.1, -0.05) is 12.1 Å². The fourth-order valence-corrected chi connectivity index (χ4v) is 5.23. The molecule has 0 spiro atoms. The molecule has 7 nitrogen and oxygen atoms in total. The van der Waals surface area contributed by atoms with Crippen molar-refractivity contribution in [3.05, 3.63) is 29.3 Å². The minimum atomic E-state index is -0.00516. The van der Waals surface area contributed by atoms with Crippen molar-refractivity contribution in [2.45, 2.75) is 44.4 Å². The molecule has 2 unspecified atom stereocenters. The zero-order chi connectivity index (χ0) is 18.9. The van der Waals surface area contributed by atoms with Crippen molar-refractivity contribution in [3.63, 3.8) is 0 Å². The number of fused-ring (bicyclic) bond motifs is 1. The molecule has 0 radical (unpaired) electrons. The van der Waals surface area contributed by atoms with Crippen molar-refractivity contribution in [1.82, 2.24) is 25.5 Å². The lowest BCUT2D eigenvalue weighted by molar-refractivity contribution is -0.134. The van der Waals surface area contributed by atoms with E-state index >= 15 is 0 Å². The molecular weight excluding hydrogens is 354 g/mol. The number of carbonyl (C=O) groups is 1. The second kappa shape index (κ2) is 7.62. The van der Waals surface area contributed by atoms with Crippen LogP contribution in [0.5, 0.6) is 0 Å². The molecule has 3 aliphatic rings. The summed E-state index contributed by atoms with van der Waals surface area (Å²) < 4.78 is 5.56. The van der Waals surface area contributed by atoms with Crippen LogP contribution in [0.2, 0.25) is 0 Å². The van der Waals surface area contributed by atoms with Gasteiger partial charge in [-0.05, 0) is 72.8 Å². The SMILES string of the molecule is O=C(C1CCCc2cc(-c3nn[nH]n3)ccc21)N1CCC(C2CCOC2)CC1. The van der Waals surface area contributed by atoms with Gasteiger partial charge >= 0.3 is 0 Å². The Morgan fingerprint density at radius 2 is 2.04 bits per heavy atom. The molecule has 1 aliphatic carbocycles. The fourth-order valence-electron chi connectivity index (χ4n) is 5.23. The minimum Gasteiger partial charge on any atom is -0.381 e. The first kappa shape index (κ1) is 17.8. The largest absolute Gasteiger partial charge is 0.381 e. The number of aryl methyl sites for hydroxylation is 1. The average molecular weight is 381 g/mol. The molecule has 1 aromatic carbocycles. The van der Waals surface area contributed by atoms with E-state index in [0.717, 1.165) is 69.9 Å². The Morgan fingerprint density at radius 3 is 2.79 bits per heavy atom. The quantitative estimate of drug-likeness (QED) is 0.883. The summed E-state index contributed by atoms with van der Waals surface area (Å²) in [6, 6.07) is 6.25. The highest BCUT2D eigenvalue weighted by molar-refractivity contribution is 5.85. The smallest absolute Gasteiger partial charge is 0.230 e. The third-order valence-corrected chi connectivity index (χ3v) is 6.84. The van der Waals surface area contributed by atoms with Crippen molar-refractivity contribution in [1.29, 1.82) is 0 Å². The Hall–Kier alpha value is -2.28. The first-order valence-corrected chi connectivity index (χ1v) is 10.5. The van der Waals surface area contributed by atoms with Crippen LogP contribution in [0.25, 0.3) is 11.4 Å². The van der Waals surface area contributed by atoms with Gasteiger partial charge in [0.2, 0.25) is 11.7 Å². The van der Waals surface area contributed by atoms with Crippen LogP contribution >= 0.6 is 0 Å². The van der Waals surface area contributed by atoms with Gasteiger partial charge in [0.1, 0.15) is 0 Å². The fraction of sp³-hybridized carbons (Fsp3) is 0.619. The Morgan fingerprint density at radius 1 is 1.14 bits per heavy atom. The molecular formula is C21H27N5O2. The third kappa shape index (κ3) is 3.32. The standard InChI is InChI=1S/C21H27N5O2/c27-21(26-9-6-14(7-10-26)17-8-11-28-13-17)19-3-1-2-15-12-16(4-5-18(15)19)20-22-24-25-23-20/h4-5,12,14,17,19H,1-3,6-11,13H2,(H,22,23,24,25). The number of aromatic nitrogens is 4. The van der Waals surface area contributed by atoms with Gasteiger partial charge in [-0.15, -0.1) is 10.2 Å². The molecule has 7 heteroatoms. The molecule has 0 saturated carbocycles. The van der Waals surface area contributed by atoms with E-state index in [1.807, 2.05) is 6.07 Å². The predicted molar refractivity (Wildman–Crippen MR) is 104 cm³/mol. The number of ether oxygens (including phenoxy) is 1. The summed E-state index contributed by atoms with van der Waals surface area (Å²) in [6.45, 7) is 3.62. The highest BCUT2D eigenvalue weighted by atomic mass is 16.5. The lowest BCUT2D eigenvalue weighted by atomic mass is 9.80. The highest BCUT2D eigenvalue weighted by Gasteiger charge is 2.34. The zero-order valence-corrected chi connectivity index (χ0v) is 16.1. The maximum Gasteiger partial charge on any atom is 0.230 e. The molecule has 2 aromatic rings. The van der Waals surface area contributed by atoms with Gasteiger partial charge < -0.3 is 9.64 Å². The van der Waals surface area contributed by atoms with Crippen LogP contribution < -0.4 is 0 Å². The van der Waals surface area contributed by atoms with Crippen LogP contribution in [0.4, 0.5) is 0 Å². The maximum absolute atomic E-state index is 13.3. The molecule has 1 amide bonds. The summed E-state index contributed by atoms with van der Waals surface area (Å²) in [5.41, 5.74) is 3.40. The highest BCUT2D eigenvalue weighted by Crippen LogP contribution is 2.37. The number of likely N-dealkylation sites (tertiary alicyclic amines) is 1.